The molecule has 204 valence electrons. The van der Waals surface area contributed by atoms with Crippen molar-refractivity contribution in [3.63, 3.8) is 0 Å². The Kier molecular flexibility index (Phi) is 5.83. The molecular weight excluding hydrogens is 524 g/mol. The third-order valence-electron chi connectivity index (χ3n) is 8.55. The van der Waals surface area contributed by atoms with Crippen LogP contribution in [0.15, 0.2) is 156 Å². The van der Waals surface area contributed by atoms with Crippen LogP contribution in [0.5, 0.6) is 0 Å². The first-order chi connectivity index (χ1) is 21.2. The fourth-order valence-electron chi connectivity index (χ4n) is 6.53. The lowest BCUT2D eigenvalue weighted by Crippen LogP contribution is -2.20. The summed E-state index contributed by atoms with van der Waals surface area (Å²) in [5.74, 6) is 0. The first-order valence-corrected chi connectivity index (χ1v) is 14.6. The van der Waals surface area contributed by atoms with Gasteiger partial charge in [-0.3, -0.25) is 9.13 Å². The molecule has 1 heterocycles. The van der Waals surface area contributed by atoms with Gasteiger partial charge in [-0.05, 0) is 85.3 Å². The first-order valence-electron chi connectivity index (χ1n) is 14.6. The van der Waals surface area contributed by atoms with Crippen molar-refractivity contribution in [2.24, 2.45) is 7.05 Å². The van der Waals surface area contributed by atoms with Crippen LogP contribution in [-0.2, 0) is 7.05 Å². The van der Waals surface area contributed by atoms with Crippen LogP contribution in [-0.4, -0.2) is 9.13 Å². The molecule has 0 unspecified atom stereocenters. The lowest BCUT2D eigenvalue weighted by Gasteiger charge is -2.18. The Bertz CT molecular complexity index is 2350. The highest BCUT2D eigenvalue weighted by Gasteiger charge is 2.18. The quantitative estimate of drug-likeness (QED) is 0.200. The van der Waals surface area contributed by atoms with Crippen molar-refractivity contribution >= 4 is 32.6 Å². The topological polar surface area (TPSA) is 26.9 Å². The van der Waals surface area contributed by atoms with Crippen LogP contribution in [0.2, 0.25) is 0 Å². The molecule has 0 radical (unpaired) electrons. The fraction of sp³-hybridized carbons (Fsp3) is 0.0250. The standard InChI is InChI=1S/C40H28N2O/c1-41-37-26-30(22-24-36(37)42(40(41)43)31-17-9-4-10-18-31)29-21-23-34-35(25-29)39(28-15-7-3-8-16-28)33-20-12-11-19-32(33)38(34)27-13-5-2-6-14-27/h2-26H,1H3. The van der Waals surface area contributed by atoms with Gasteiger partial charge in [-0.15, -0.1) is 0 Å². The molecular formula is C40H28N2O. The van der Waals surface area contributed by atoms with Crippen molar-refractivity contribution in [3.05, 3.63) is 162 Å². The molecule has 0 spiro atoms. The highest BCUT2D eigenvalue weighted by Crippen LogP contribution is 2.44. The summed E-state index contributed by atoms with van der Waals surface area (Å²) in [6.07, 6.45) is 0. The lowest BCUT2D eigenvalue weighted by molar-refractivity contribution is 0.846. The summed E-state index contributed by atoms with van der Waals surface area (Å²) in [5.41, 5.74) is 9.67. The normalized spacial score (nSPS) is 11.5. The van der Waals surface area contributed by atoms with Crippen LogP contribution in [0.4, 0.5) is 0 Å². The Balaban J connectivity index is 1.42. The molecule has 7 aromatic carbocycles. The number of hydrogen-bond acceptors (Lipinski definition) is 1. The maximum absolute atomic E-state index is 13.3. The number of aryl methyl sites for hydroxylation is 1. The minimum atomic E-state index is -0.0535. The van der Waals surface area contributed by atoms with E-state index in [9.17, 15) is 4.79 Å². The van der Waals surface area contributed by atoms with Crippen molar-refractivity contribution in [1.82, 2.24) is 9.13 Å². The molecule has 43 heavy (non-hydrogen) atoms. The monoisotopic (exact) mass is 552 g/mol. The molecule has 0 aliphatic rings. The molecule has 3 heteroatoms. The maximum atomic E-state index is 13.3. The van der Waals surface area contributed by atoms with Crippen molar-refractivity contribution < 1.29 is 0 Å². The predicted octanol–water partition coefficient (Wildman–Crippen LogP) is 9.64. The summed E-state index contributed by atoms with van der Waals surface area (Å²) in [5, 5.41) is 4.90. The smallest absolute Gasteiger partial charge is 0.295 e. The van der Waals surface area contributed by atoms with E-state index in [1.54, 1.807) is 9.13 Å². The van der Waals surface area contributed by atoms with Crippen LogP contribution in [0.25, 0.3) is 71.6 Å². The van der Waals surface area contributed by atoms with Gasteiger partial charge < -0.3 is 0 Å². The highest BCUT2D eigenvalue weighted by atomic mass is 16.1. The summed E-state index contributed by atoms with van der Waals surface area (Å²) >= 11 is 0. The Hall–Kier alpha value is -5.67. The van der Waals surface area contributed by atoms with Gasteiger partial charge in [-0.1, -0.05) is 121 Å². The second-order valence-corrected chi connectivity index (χ2v) is 11.0. The molecule has 0 fully saturated rings. The van der Waals surface area contributed by atoms with E-state index in [0.717, 1.165) is 27.8 Å². The highest BCUT2D eigenvalue weighted by molar-refractivity contribution is 6.22. The molecule has 0 bridgehead atoms. The van der Waals surface area contributed by atoms with Gasteiger partial charge in [-0.2, -0.15) is 0 Å². The summed E-state index contributed by atoms with van der Waals surface area (Å²) in [6.45, 7) is 0. The zero-order valence-electron chi connectivity index (χ0n) is 23.7. The van der Waals surface area contributed by atoms with Gasteiger partial charge in [0, 0.05) is 7.05 Å². The number of fused-ring (bicyclic) bond motifs is 3. The van der Waals surface area contributed by atoms with Crippen molar-refractivity contribution in [3.8, 4) is 39.1 Å². The van der Waals surface area contributed by atoms with Gasteiger partial charge in [0.25, 0.3) is 0 Å². The average Bonchev–Trinajstić information content (AvgIpc) is 3.33. The van der Waals surface area contributed by atoms with E-state index in [-0.39, 0.29) is 5.69 Å². The van der Waals surface area contributed by atoms with Crippen molar-refractivity contribution in [2.75, 3.05) is 0 Å². The van der Waals surface area contributed by atoms with Gasteiger partial charge in [0.2, 0.25) is 0 Å². The Labute approximate surface area is 249 Å². The molecule has 3 nitrogen and oxygen atoms in total. The second kappa shape index (κ2) is 10.0. The zero-order chi connectivity index (χ0) is 28.9. The van der Waals surface area contributed by atoms with Crippen LogP contribution in [0, 0.1) is 0 Å². The second-order valence-electron chi connectivity index (χ2n) is 11.0. The summed E-state index contributed by atoms with van der Waals surface area (Å²) in [4.78, 5) is 13.3. The fourth-order valence-corrected chi connectivity index (χ4v) is 6.53. The number of benzene rings is 7. The number of nitrogens with zero attached hydrogens (tertiary/aromatic N) is 2. The number of para-hydroxylation sites is 1. The molecule has 8 rings (SSSR count). The Morgan fingerprint density at radius 2 is 0.907 bits per heavy atom. The van der Waals surface area contributed by atoms with E-state index in [1.807, 2.05) is 37.4 Å². The minimum absolute atomic E-state index is 0.0535. The predicted molar refractivity (Wildman–Crippen MR) is 180 cm³/mol. The molecule has 8 aromatic rings. The van der Waals surface area contributed by atoms with Crippen LogP contribution in [0.3, 0.4) is 0 Å². The first kappa shape index (κ1) is 25.1. The maximum Gasteiger partial charge on any atom is 0.333 e. The van der Waals surface area contributed by atoms with Crippen molar-refractivity contribution in [1.29, 1.82) is 0 Å². The number of rotatable bonds is 4. The molecule has 0 N–H and O–H groups in total. The SMILES string of the molecule is Cn1c(=O)n(-c2ccccc2)c2ccc(-c3ccc4c(-c5ccccc5)c5ccccc5c(-c5ccccc5)c4c3)cc21. The molecule has 0 aliphatic carbocycles. The van der Waals surface area contributed by atoms with Crippen molar-refractivity contribution in [2.45, 2.75) is 0 Å². The largest absolute Gasteiger partial charge is 0.333 e. The molecule has 0 aliphatic heterocycles. The lowest BCUT2D eigenvalue weighted by atomic mass is 9.85. The van der Waals surface area contributed by atoms with E-state index in [1.165, 1.54) is 43.8 Å². The van der Waals surface area contributed by atoms with Gasteiger partial charge in [0.15, 0.2) is 0 Å². The third kappa shape index (κ3) is 4.01. The van der Waals surface area contributed by atoms with Gasteiger partial charge >= 0.3 is 5.69 Å². The molecule has 0 amide bonds. The Morgan fingerprint density at radius 1 is 0.419 bits per heavy atom. The zero-order valence-corrected chi connectivity index (χ0v) is 23.7. The number of aromatic nitrogens is 2. The molecule has 0 saturated heterocycles. The van der Waals surface area contributed by atoms with E-state index in [4.69, 9.17) is 0 Å². The molecule has 1 aromatic heterocycles. The minimum Gasteiger partial charge on any atom is -0.295 e. The van der Waals surface area contributed by atoms with E-state index < -0.39 is 0 Å². The summed E-state index contributed by atoms with van der Waals surface area (Å²) in [7, 11) is 1.85. The van der Waals surface area contributed by atoms with E-state index >= 15 is 0 Å². The Morgan fingerprint density at radius 3 is 1.53 bits per heavy atom. The van der Waals surface area contributed by atoms with Gasteiger partial charge in [0.05, 0.1) is 16.7 Å². The molecule has 0 atom stereocenters. The summed E-state index contributed by atoms with van der Waals surface area (Å²) in [6, 6.07) is 53.1. The van der Waals surface area contributed by atoms with Gasteiger partial charge in [-0.25, -0.2) is 4.79 Å². The number of imidazole rings is 1. The van der Waals surface area contributed by atoms with Gasteiger partial charge in [0.1, 0.15) is 0 Å². The van der Waals surface area contributed by atoms with Crippen LogP contribution in [0.1, 0.15) is 0 Å². The van der Waals surface area contributed by atoms with Crippen LogP contribution < -0.4 is 5.69 Å². The molecule has 0 saturated carbocycles. The average molecular weight is 553 g/mol. The van der Waals surface area contributed by atoms with Crippen LogP contribution >= 0.6 is 0 Å². The summed E-state index contributed by atoms with van der Waals surface area (Å²) < 4.78 is 3.52. The third-order valence-corrected chi connectivity index (χ3v) is 8.55. The van der Waals surface area contributed by atoms with E-state index in [2.05, 4.69) is 121 Å². The number of hydrogen-bond donors (Lipinski definition) is 0. The van der Waals surface area contributed by atoms with E-state index in [0.29, 0.717) is 0 Å².